The van der Waals surface area contributed by atoms with E-state index in [1.807, 2.05) is 54.0 Å². The second kappa shape index (κ2) is 9.93. The minimum atomic E-state index is -4.50. The van der Waals surface area contributed by atoms with Crippen LogP contribution in [0.4, 0.5) is 13.2 Å². The van der Waals surface area contributed by atoms with E-state index in [1.165, 1.54) is 24.3 Å². The zero-order valence-electron chi connectivity index (χ0n) is 19.6. The molecule has 37 heavy (non-hydrogen) atoms. The summed E-state index contributed by atoms with van der Waals surface area (Å²) in [5, 5.41) is 2.84. The maximum Gasteiger partial charge on any atom is 0.405 e. The number of alkyl halides is 3. The van der Waals surface area contributed by atoms with Crippen molar-refractivity contribution in [2.45, 2.75) is 12.7 Å². The lowest BCUT2D eigenvalue weighted by atomic mass is 10.0. The molecular formula is C28H22F3N3O3. The third kappa shape index (κ3) is 5.55. The number of fused-ring (bicyclic) bond motifs is 2. The first kappa shape index (κ1) is 24.3. The number of hydrogen-bond donors (Lipinski definition) is 1. The first-order valence-electron chi connectivity index (χ1n) is 11.6. The number of carbonyl (C=O) groups is 2. The number of pyridine rings is 1. The van der Waals surface area contributed by atoms with Gasteiger partial charge in [0.25, 0.3) is 11.8 Å². The number of amides is 2. The van der Waals surface area contributed by atoms with E-state index >= 15 is 0 Å². The molecule has 2 heterocycles. The van der Waals surface area contributed by atoms with Gasteiger partial charge in [-0.25, -0.2) is 0 Å². The van der Waals surface area contributed by atoms with Crippen LogP contribution in [-0.4, -0.2) is 47.6 Å². The minimum absolute atomic E-state index is 0.0407. The fourth-order valence-corrected chi connectivity index (χ4v) is 4.21. The number of para-hydroxylation sites is 1. The van der Waals surface area contributed by atoms with E-state index in [9.17, 15) is 22.8 Å². The predicted molar refractivity (Wildman–Crippen MR) is 132 cm³/mol. The Morgan fingerprint density at radius 1 is 0.946 bits per heavy atom. The lowest BCUT2D eigenvalue weighted by Crippen LogP contribution is -2.34. The van der Waals surface area contributed by atoms with Crippen molar-refractivity contribution in [3.05, 3.63) is 95.7 Å². The Morgan fingerprint density at radius 3 is 2.49 bits per heavy atom. The molecule has 3 aromatic carbocycles. The molecule has 0 saturated carbocycles. The molecule has 1 aromatic heterocycles. The topological polar surface area (TPSA) is 71.5 Å². The standard InChI is InChI=1S/C28H22F3N3O3/c29-28(30,31)17-33-26(35)18-5-7-19(8-6-18)27(36)34-11-12-37-25-10-9-20(13-23(25)16-34)22-14-21-3-1-2-4-24(21)32-15-22/h1-10,13-15H,11-12,16-17H2,(H,33,35). The van der Waals surface area contributed by atoms with Crippen LogP contribution in [-0.2, 0) is 6.54 Å². The number of hydrogen-bond acceptors (Lipinski definition) is 4. The Balaban J connectivity index is 1.33. The number of ether oxygens (including phenoxy) is 1. The van der Waals surface area contributed by atoms with Crippen molar-refractivity contribution in [1.29, 1.82) is 0 Å². The van der Waals surface area contributed by atoms with Gasteiger partial charge in [-0.15, -0.1) is 0 Å². The molecule has 1 aliphatic rings. The second-order valence-electron chi connectivity index (χ2n) is 8.69. The third-order valence-corrected chi connectivity index (χ3v) is 6.09. The van der Waals surface area contributed by atoms with Crippen molar-refractivity contribution in [2.75, 3.05) is 19.7 Å². The first-order valence-corrected chi connectivity index (χ1v) is 11.6. The molecule has 0 saturated heterocycles. The number of nitrogens with one attached hydrogen (secondary N) is 1. The molecule has 9 heteroatoms. The fraction of sp³-hybridized carbons (Fsp3) is 0.179. The highest BCUT2D eigenvalue weighted by atomic mass is 19.4. The highest BCUT2D eigenvalue weighted by Gasteiger charge is 2.28. The van der Waals surface area contributed by atoms with Crippen LogP contribution < -0.4 is 10.1 Å². The third-order valence-electron chi connectivity index (χ3n) is 6.09. The zero-order chi connectivity index (χ0) is 26.0. The maximum absolute atomic E-state index is 13.2. The number of nitrogens with zero attached hydrogens (tertiary/aromatic N) is 2. The lowest BCUT2D eigenvalue weighted by molar-refractivity contribution is -0.123. The van der Waals surface area contributed by atoms with Crippen molar-refractivity contribution in [1.82, 2.24) is 15.2 Å². The van der Waals surface area contributed by atoms with E-state index in [1.54, 1.807) is 4.90 Å². The van der Waals surface area contributed by atoms with Gasteiger partial charge in [0, 0.05) is 40.4 Å². The Hall–Kier alpha value is -4.40. The molecule has 0 spiro atoms. The maximum atomic E-state index is 13.2. The summed E-state index contributed by atoms with van der Waals surface area (Å²) in [5.74, 6) is -0.426. The average molecular weight is 505 g/mol. The summed E-state index contributed by atoms with van der Waals surface area (Å²) in [6, 6.07) is 21.3. The van der Waals surface area contributed by atoms with Crippen molar-refractivity contribution < 1.29 is 27.5 Å². The highest BCUT2D eigenvalue weighted by Crippen LogP contribution is 2.30. The number of carbonyl (C=O) groups excluding carboxylic acids is 2. The molecule has 4 aromatic rings. The summed E-state index contributed by atoms with van der Waals surface area (Å²) < 4.78 is 42.9. The SMILES string of the molecule is O=C(NCC(F)(F)F)c1ccc(C(=O)N2CCOc3ccc(-c4cnc5ccccc5c4)cc3C2)cc1. The van der Waals surface area contributed by atoms with E-state index in [4.69, 9.17) is 4.74 Å². The molecule has 1 N–H and O–H groups in total. The van der Waals surface area contributed by atoms with Crippen LogP contribution in [0, 0.1) is 0 Å². The molecule has 0 aliphatic carbocycles. The van der Waals surface area contributed by atoms with Crippen LogP contribution >= 0.6 is 0 Å². The predicted octanol–water partition coefficient (Wildman–Crippen LogP) is 5.23. The van der Waals surface area contributed by atoms with E-state index < -0.39 is 18.6 Å². The Morgan fingerprint density at radius 2 is 1.70 bits per heavy atom. The van der Waals surface area contributed by atoms with Gasteiger partial charge in [0.2, 0.25) is 0 Å². The van der Waals surface area contributed by atoms with Gasteiger partial charge in [-0.1, -0.05) is 24.3 Å². The summed E-state index contributed by atoms with van der Waals surface area (Å²) in [6.07, 6.45) is -2.68. The zero-order valence-corrected chi connectivity index (χ0v) is 19.6. The van der Waals surface area contributed by atoms with Crippen molar-refractivity contribution in [3.8, 4) is 16.9 Å². The summed E-state index contributed by atoms with van der Waals surface area (Å²) >= 11 is 0. The summed E-state index contributed by atoms with van der Waals surface area (Å²) in [7, 11) is 0. The largest absolute Gasteiger partial charge is 0.491 e. The molecule has 188 valence electrons. The number of rotatable bonds is 4. The fourth-order valence-electron chi connectivity index (χ4n) is 4.21. The van der Waals surface area contributed by atoms with Crippen molar-refractivity contribution >= 4 is 22.7 Å². The van der Waals surface area contributed by atoms with E-state index in [0.717, 1.165) is 27.6 Å². The molecule has 2 amide bonds. The van der Waals surface area contributed by atoms with Gasteiger partial charge < -0.3 is 15.0 Å². The molecule has 0 fully saturated rings. The van der Waals surface area contributed by atoms with Gasteiger partial charge in [-0.2, -0.15) is 13.2 Å². The average Bonchev–Trinajstić information content (AvgIpc) is 3.13. The normalized spacial score (nSPS) is 13.4. The Labute approximate surface area is 210 Å². The van der Waals surface area contributed by atoms with E-state index in [0.29, 0.717) is 31.0 Å². The van der Waals surface area contributed by atoms with Gasteiger partial charge in [-0.3, -0.25) is 14.6 Å². The second-order valence-corrected chi connectivity index (χ2v) is 8.69. The number of benzene rings is 3. The van der Waals surface area contributed by atoms with Crippen LogP contribution in [0.1, 0.15) is 26.3 Å². The first-order chi connectivity index (χ1) is 17.8. The van der Waals surface area contributed by atoms with Gasteiger partial charge in [0.1, 0.15) is 18.9 Å². The van der Waals surface area contributed by atoms with Crippen LogP contribution in [0.5, 0.6) is 5.75 Å². The van der Waals surface area contributed by atoms with Gasteiger partial charge in [0.05, 0.1) is 12.1 Å². The summed E-state index contributed by atoms with van der Waals surface area (Å²) in [6.45, 7) is -0.435. The number of halogens is 3. The van der Waals surface area contributed by atoms with E-state index in [2.05, 4.69) is 11.1 Å². The summed E-state index contributed by atoms with van der Waals surface area (Å²) in [4.78, 5) is 31.3. The van der Waals surface area contributed by atoms with Crippen LogP contribution in [0.2, 0.25) is 0 Å². The molecular weight excluding hydrogens is 483 g/mol. The molecule has 0 bridgehead atoms. The monoisotopic (exact) mass is 505 g/mol. The smallest absolute Gasteiger partial charge is 0.405 e. The molecule has 1 aliphatic heterocycles. The quantitative estimate of drug-likeness (QED) is 0.413. The summed E-state index contributed by atoms with van der Waals surface area (Å²) in [5.41, 5.74) is 4.02. The minimum Gasteiger partial charge on any atom is -0.491 e. The molecule has 0 radical (unpaired) electrons. The molecule has 0 atom stereocenters. The van der Waals surface area contributed by atoms with Gasteiger partial charge in [-0.05, 0) is 54.1 Å². The van der Waals surface area contributed by atoms with Crippen LogP contribution in [0.25, 0.3) is 22.0 Å². The van der Waals surface area contributed by atoms with Crippen molar-refractivity contribution in [3.63, 3.8) is 0 Å². The highest BCUT2D eigenvalue weighted by molar-refractivity contribution is 5.98. The van der Waals surface area contributed by atoms with Crippen LogP contribution in [0.15, 0.2) is 79.0 Å². The molecule has 5 rings (SSSR count). The lowest BCUT2D eigenvalue weighted by Gasteiger charge is -2.20. The van der Waals surface area contributed by atoms with Crippen LogP contribution in [0.3, 0.4) is 0 Å². The molecule has 0 unspecified atom stereocenters. The number of aromatic nitrogens is 1. The van der Waals surface area contributed by atoms with Gasteiger partial charge in [0.15, 0.2) is 0 Å². The van der Waals surface area contributed by atoms with Crippen molar-refractivity contribution in [2.24, 2.45) is 0 Å². The Kier molecular flexibility index (Phi) is 6.52. The Bertz CT molecular complexity index is 1470. The van der Waals surface area contributed by atoms with E-state index in [-0.39, 0.29) is 11.5 Å². The molecule has 6 nitrogen and oxygen atoms in total. The van der Waals surface area contributed by atoms with Gasteiger partial charge >= 0.3 is 6.18 Å².